The number of hydrogen-bond acceptors (Lipinski definition) is 4. The highest BCUT2D eigenvalue weighted by molar-refractivity contribution is 6.09. The summed E-state index contributed by atoms with van der Waals surface area (Å²) in [6.45, 7) is 1.18. The first kappa shape index (κ1) is 16.2. The molecule has 6 nitrogen and oxygen atoms in total. The Morgan fingerprint density at radius 1 is 1.11 bits per heavy atom. The predicted octanol–water partition coefficient (Wildman–Crippen LogP) is 3.00. The van der Waals surface area contributed by atoms with Crippen molar-refractivity contribution >= 4 is 17.1 Å². The summed E-state index contributed by atoms with van der Waals surface area (Å²) in [7, 11) is 1.21. The molecule has 0 bridgehead atoms. The standard InChI is InChI=1S/C19H16F2N4O2/c1-27-17-12(20)8-10(9-13(17)21)14-15-18(23-5-4-22-15)25-7-6-24(11-2-3-11)19(26)16(14)25/h4-5,8-9,11H,2-3,6-7H2,1H3. The molecule has 27 heavy (non-hydrogen) atoms. The van der Waals surface area contributed by atoms with Crippen LogP contribution in [0.15, 0.2) is 24.5 Å². The van der Waals surface area contributed by atoms with Gasteiger partial charge in [0.05, 0.1) is 7.11 Å². The third-order valence-corrected chi connectivity index (χ3v) is 5.18. The summed E-state index contributed by atoms with van der Waals surface area (Å²) >= 11 is 0. The van der Waals surface area contributed by atoms with Crippen molar-refractivity contribution < 1.29 is 18.3 Å². The first-order valence-corrected chi connectivity index (χ1v) is 8.77. The SMILES string of the molecule is COc1c(F)cc(-c2c3n(c4nccnc24)CCN(C2CC2)C3=O)cc1F. The van der Waals surface area contributed by atoms with Gasteiger partial charge in [0.15, 0.2) is 23.0 Å². The number of fused-ring (bicyclic) bond motifs is 3. The van der Waals surface area contributed by atoms with Crippen LogP contribution in [0.3, 0.4) is 0 Å². The lowest BCUT2D eigenvalue weighted by Crippen LogP contribution is -2.41. The van der Waals surface area contributed by atoms with Crippen molar-refractivity contribution in [1.29, 1.82) is 0 Å². The molecule has 0 atom stereocenters. The first-order chi connectivity index (χ1) is 13.1. The molecule has 0 radical (unpaired) electrons. The van der Waals surface area contributed by atoms with Gasteiger partial charge in [0.25, 0.3) is 5.91 Å². The van der Waals surface area contributed by atoms with E-state index in [1.165, 1.54) is 25.4 Å². The lowest BCUT2D eigenvalue weighted by Gasteiger charge is -2.29. The molecule has 0 saturated heterocycles. The van der Waals surface area contributed by atoms with Crippen LogP contribution in [0, 0.1) is 11.6 Å². The molecule has 8 heteroatoms. The number of methoxy groups -OCH3 is 1. The molecule has 1 saturated carbocycles. The maximum atomic E-state index is 14.3. The van der Waals surface area contributed by atoms with Gasteiger partial charge in [-0.05, 0) is 30.5 Å². The molecule has 138 valence electrons. The highest BCUT2D eigenvalue weighted by Crippen LogP contribution is 2.39. The Hall–Kier alpha value is -3.03. The van der Waals surface area contributed by atoms with Crippen molar-refractivity contribution in [3.63, 3.8) is 0 Å². The molecule has 0 spiro atoms. The van der Waals surface area contributed by atoms with Crippen molar-refractivity contribution in [3.05, 3.63) is 41.9 Å². The van der Waals surface area contributed by atoms with Crippen LogP contribution < -0.4 is 4.74 Å². The normalized spacial score (nSPS) is 16.7. The van der Waals surface area contributed by atoms with Gasteiger partial charge in [-0.25, -0.2) is 13.8 Å². The smallest absolute Gasteiger partial charge is 0.271 e. The number of carbonyl (C=O) groups excluding carboxylic acids is 1. The van der Waals surface area contributed by atoms with Gasteiger partial charge in [-0.2, -0.15) is 0 Å². The zero-order valence-electron chi connectivity index (χ0n) is 14.6. The quantitative estimate of drug-likeness (QED) is 0.711. The molecule has 2 aliphatic rings. The fourth-order valence-corrected chi connectivity index (χ4v) is 3.85. The van der Waals surface area contributed by atoms with Crippen molar-refractivity contribution in [3.8, 4) is 16.9 Å². The number of ether oxygens (including phenoxy) is 1. The third-order valence-electron chi connectivity index (χ3n) is 5.18. The summed E-state index contributed by atoms with van der Waals surface area (Å²) in [5.41, 5.74) is 2.05. The van der Waals surface area contributed by atoms with E-state index in [4.69, 9.17) is 4.74 Å². The lowest BCUT2D eigenvalue weighted by molar-refractivity contribution is 0.0693. The van der Waals surface area contributed by atoms with Gasteiger partial charge < -0.3 is 14.2 Å². The van der Waals surface area contributed by atoms with E-state index in [-0.39, 0.29) is 17.5 Å². The fraction of sp³-hybridized carbons (Fsp3) is 0.316. The van der Waals surface area contributed by atoms with Gasteiger partial charge in [0, 0.05) is 37.1 Å². The van der Waals surface area contributed by atoms with Crippen LogP contribution in [-0.4, -0.2) is 45.0 Å². The molecule has 1 aliphatic carbocycles. The molecule has 1 fully saturated rings. The van der Waals surface area contributed by atoms with Crippen molar-refractivity contribution in [2.24, 2.45) is 0 Å². The molecule has 1 aliphatic heterocycles. The van der Waals surface area contributed by atoms with E-state index in [1.807, 2.05) is 4.90 Å². The Bertz CT molecular complexity index is 1070. The number of amides is 1. The molecule has 2 aromatic heterocycles. The highest BCUT2D eigenvalue weighted by atomic mass is 19.1. The molecule has 0 unspecified atom stereocenters. The van der Waals surface area contributed by atoms with Crippen LogP contribution >= 0.6 is 0 Å². The molecule has 3 aromatic rings. The lowest BCUT2D eigenvalue weighted by atomic mass is 10.0. The van der Waals surface area contributed by atoms with E-state index in [0.29, 0.717) is 35.5 Å². The van der Waals surface area contributed by atoms with E-state index in [2.05, 4.69) is 9.97 Å². The number of carbonyl (C=O) groups is 1. The van der Waals surface area contributed by atoms with E-state index >= 15 is 0 Å². The zero-order chi connectivity index (χ0) is 18.7. The van der Waals surface area contributed by atoms with Gasteiger partial charge in [-0.1, -0.05) is 0 Å². The Balaban J connectivity index is 1.79. The second-order valence-corrected chi connectivity index (χ2v) is 6.81. The summed E-state index contributed by atoms with van der Waals surface area (Å²) in [6, 6.07) is 2.60. The molecule has 1 amide bonds. The minimum absolute atomic E-state index is 0.143. The molecule has 3 heterocycles. The average molecular weight is 370 g/mol. The number of nitrogens with zero attached hydrogens (tertiary/aromatic N) is 4. The van der Waals surface area contributed by atoms with Crippen LogP contribution in [0.2, 0.25) is 0 Å². The molecule has 5 rings (SSSR count). The summed E-state index contributed by atoms with van der Waals surface area (Å²) in [4.78, 5) is 23.7. The fourth-order valence-electron chi connectivity index (χ4n) is 3.85. The minimum Gasteiger partial charge on any atom is -0.491 e. The van der Waals surface area contributed by atoms with Gasteiger partial charge in [-0.15, -0.1) is 0 Å². The Morgan fingerprint density at radius 3 is 2.48 bits per heavy atom. The maximum absolute atomic E-state index is 14.3. The molecular weight excluding hydrogens is 354 g/mol. The van der Waals surface area contributed by atoms with Gasteiger partial charge in [0.2, 0.25) is 0 Å². The molecule has 1 aromatic carbocycles. The Labute approximate surface area is 153 Å². The third kappa shape index (κ3) is 2.32. The summed E-state index contributed by atoms with van der Waals surface area (Å²) in [5.74, 6) is -2.25. The van der Waals surface area contributed by atoms with E-state index in [1.54, 1.807) is 10.8 Å². The van der Waals surface area contributed by atoms with Crippen molar-refractivity contribution in [1.82, 2.24) is 19.4 Å². The molecular formula is C19H16F2N4O2. The second-order valence-electron chi connectivity index (χ2n) is 6.81. The van der Waals surface area contributed by atoms with E-state index < -0.39 is 17.4 Å². The number of hydrogen-bond donors (Lipinski definition) is 0. The maximum Gasteiger partial charge on any atom is 0.271 e. The summed E-state index contributed by atoms with van der Waals surface area (Å²) in [6.07, 6.45) is 5.04. The Kier molecular flexibility index (Phi) is 3.43. The number of halogens is 2. The first-order valence-electron chi connectivity index (χ1n) is 8.77. The van der Waals surface area contributed by atoms with E-state index in [9.17, 15) is 13.6 Å². The zero-order valence-corrected chi connectivity index (χ0v) is 14.6. The van der Waals surface area contributed by atoms with Crippen LogP contribution in [0.5, 0.6) is 5.75 Å². The minimum atomic E-state index is -0.827. The summed E-state index contributed by atoms with van der Waals surface area (Å²) < 4.78 is 35.3. The van der Waals surface area contributed by atoms with Crippen LogP contribution in [-0.2, 0) is 6.54 Å². The van der Waals surface area contributed by atoms with Gasteiger partial charge in [-0.3, -0.25) is 9.78 Å². The monoisotopic (exact) mass is 370 g/mol. The Morgan fingerprint density at radius 2 is 1.81 bits per heavy atom. The predicted molar refractivity (Wildman–Crippen MR) is 93.5 cm³/mol. The highest BCUT2D eigenvalue weighted by Gasteiger charge is 2.39. The van der Waals surface area contributed by atoms with E-state index in [0.717, 1.165) is 12.8 Å². The number of benzene rings is 1. The van der Waals surface area contributed by atoms with Crippen LogP contribution in [0.25, 0.3) is 22.3 Å². The number of rotatable bonds is 3. The van der Waals surface area contributed by atoms with Crippen molar-refractivity contribution in [2.45, 2.75) is 25.4 Å². The topological polar surface area (TPSA) is 60.2 Å². The summed E-state index contributed by atoms with van der Waals surface area (Å²) in [5, 5.41) is 0. The van der Waals surface area contributed by atoms with Crippen LogP contribution in [0.1, 0.15) is 23.3 Å². The van der Waals surface area contributed by atoms with Gasteiger partial charge >= 0.3 is 0 Å². The van der Waals surface area contributed by atoms with Crippen molar-refractivity contribution in [2.75, 3.05) is 13.7 Å². The number of aromatic nitrogens is 3. The average Bonchev–Trinajstić information content (AvgIpc) is 3.43. The van der Waals surface area contributed by atoms with Gasteiger partial charge in [0.1, 0.15) is 11.2 Å². The largest absolute Gasteiger partial charge is 0.491 e. The molecule has 0 N–H and O–H groups in total. The second kappa shape index (κ2) is 5.73. The van der Waals surface area contributed by atoms with Crippen LogP contribution in [0.4, 0.5) is 8.78 Å².